The molecule has 1 amide bonds. The van der Waals surface area contributed by atoms with E-state index in [0.29, 0.717) is 13.1 Å². The van der Waals surface area contributed by atoms with Crippen molar-refractivity contribution in [3.8, 4) is 0 Å². The standard InChI is InChI=1S/C19H22N2O.ClH/c1-20-15-21-14-19(13-12-18(21)22,16-8-4-2-5-9-16)17-10-6-3-7-11-17;/h2-11,20H,12-15H2,1H3;1H. The van der Waals surface area contributed by atoms with Gasteiger partial charge in [0.15, 0.2) is 0 Å². The molecule has 0 unspecified atom stereocenters. The Morgan fingerprint density at radius 1 is 1.00 bits per heavy atom. The first-order chi connectivity index (χ1) is 10.8. The van der Waals surface area contributed by atoms with Crippen molar-refractivity contribution in [2.45, 2.75) is 18.3 Å². The van der Waals surface area contributed by atoms with Gasteiger partial charge in [0.25, 0.3) is 0 Å². The number of nitrogens with one attached hydrogen (secondary N) is 1. The summed E-state index contributed by atoms with van der Waals surface area (Å²) in [6.07, 6.45) is 1.45. The Balaban J connectivity index is 0.00000192. The maximum Gasteiger partial charge on any atom is 0.223 e. The Morgan fingerprint density at radius 3 is 2.00 bits per heavy atom. The summed E-state index contributed by atoms with van der Waals surface area (Å²) in [6, 6.07) is 21.1. The normalized spacial score (nSPS) is 16.7. The second-order valence-electron chi connectivity index (χ2n) is 5.92. The molecule has 0 spiro atoms. The number of piperidine rings is 1. The van der Waals surface area contributed by atoms with Crippen LogP contribution >= 0.6 is 12.4 Å². The number of hydrogen-bond acceptors (Lipinski definition) is 2. The molecule has 1 fully saturated rings. The lowest BCUT2D eigenvalue weighted by atomic mass is 9.69. The van der Waals surface area contributed by atoms with Crippen molar-refractivity contribution >= 4 is 18.3 Å². The summed E-state index contributed by atoms with van der Waals surface area (Å²) in [4.78, 5) is 14.2. The minimum atomic E-state index is -0.118. The maximum absolute atomic E-state index is 12.2. The van der Waals surface area contributed by atoms with Crippen molar-refractivity contribution in [1.82, 2.24) is 10.2 Å². The van der Waals surface area contributed by atoms with Crippen molar-refractivity contribution in [1.29, 1.82) is 0 Å². The van der Waals surface area contributed by atoms with Crippen LogP contribution in [0.15, 0.2) is 60.7 Å². The predicted molar refractivity (Wildman–Crippen MR) is 95.8 cm³/mol. The number of amides is 1. The van der Waals surface area contributed by atoms with Crippen molar-refractivity contribution in [2.24, 2.45) is 0 Å². The van der Waals surface area contributed by atoms with Gasteiger partial charge in [-0.2, -0.15) is 0 Å². The fourth-order valence-corrected chi connectivity index (χ4v) is 3.46. The highest BCUT2D eigenvalue weighted by Crippen LogP contribution is 2.40. The highest BCUT2D eigenvalue weighted by atomic mass is 35.5. The molecule has 0 aromatic heterocycles. The van der Waals surface area contributed by atoms with Crippen LogP contribution in [0.1, 0.15) is 24.0 Å². The van der Waals surface area contributed by atoms with E-state index in [9.17, 15) is 4.79 Å². The first kappa shape index (κ1) is 17.5. The summed E-state index contributed by atoms with van der Waals surface area (Å²) < 4.78 is 0. The summed E-state index contributed by atoms with van der Waals surface area (Å²) >= 11 is 0. The maximum atomic E-state index is 12.2. The third-order valence-corrected chi connectivity index (χ3v) is 4.58. The van der Waals surface area contributed by atoms with E-state index in [4.69, 9.17) is 0 Å². The van der Waals surface area contributed by atoms with E-state index in [2.05, 4.69) is 53.8 Å². The van der Waals surface area contributed by atoms with E-state index >= 15 is 0 Å². The summed E-state index contributed by atoms with van der Waals surface area (Å²) in [6.45, 7) is 1.32. The Hall–Kier alpha value is -1.84. The molecule has 1 aliphatic rings. The van der Waals surface area contributed by atoms with Gasteiger partial charge in [-0.25, -0.2) is 0 Å². The van der Waals surface area contributed by atoms with Crippen LogP contribution in [0.2, 0.25) is 0 Å². The Morgan fingerprint density at radius 2 is 1.52 bits per heavy atom. The molecule has 0 saturated carbocycles. The molecule has 1 aliphatic heterocycles. The lowest BCUT2D eigenvalue weighted by molar-refractivity contribution is -0.135. The van der Waals surface area contributed by atoms with Crippen molar-refractivity contribution in [3.63, 3.8) is 0 Å². The van der Waals surface area contributed by atoms with Crippen LogP contribution in [0.5, 0.6) is 0 Å². The van der Waals surface area contributed by atoms with Crippen molar-refractivity contribution < 1.29 is 4.79 Å². The average molecular weight is 331 g/mol. The monoisotopic (exact) mass is 330 g/mol. The molecule has 1 heterocycles. The van der Waals surface area contributed by atoms with Gasteiger partial charge >= 0.3 is 0 Å². The summed E-state index contributed by atoms with van der Waals surface area (Å²) in [7, 11) is 1.88. The SMILES string of the molecule is CNCN1CC(c2ccccc2)(c2ccccc2)CCC1=O.Cl. The van der Waals surface area contributed by atoms with E-state index < -0.39 is 0 Å². The van der Waals surface area contributed by atoms with Crippen molar-refractivity contribution in [3.05, 3.63) is 71.8 Å². The first-order valence-corrected chi connectivity index (χ1v) is 7.80. The molecular formula is C19H23ClN2O. The molecule has 0 bridgehead atoms. The minimum Gasteiger partial charge on any atom is -0.329 e. The van der Waals surface area contributed by atoms with Gasteiger partial charge in [-0.15, -0.1) is 12.4 Å². The molecule has 4 heteroatoms. The zero-order valence-electron chi connectivity index (χ0n) is 13.4. The van der Waals surface area contributed by atoms with Gasteiger partial charge in [0.1, 0.15) is 0 Å². The largest absolute Gasteiger partial charge is 0.329 e. The summed E-state index contributed by atoms with van der Waals surface area (Å²) in [5.41, 5.74) is 2.46. The Kier molecular flexibility index (Phi) is 5.80. The van der Waals surface area contributed by atoms with Gasteiger partial charge in [-0.1, -0.05) is 60.7 Å². The fourth-order valence-electron chi connectivity index (χ4n) is 3.46. The number of carbonyl (C=O) groups excluding carboxylic acids is 1. The average Bonchev–Trinajstić information content (AvgIpc) is 2.59. The van der Waals surface area contributed by atoms with Crippen molar-refractivity contribution in [2.75, 3.05) is 20.3 Å². The summed E-state index contributed by atoms with van der Waals surface area (Å²) in [5, 5.41) is 3.11. The lowest BCUT2D eigenvalue weighted by Crippen LogP contribution is -2.51. The van der Waals surface area contributed by atoms with E-state index in [1.54, 1.807) is 0 Å². The smallest absolute Gasteiger partial charge is 0.223 e. The van der Waals surface area contributed by atoms with Gasteiger partial charge in [-0.3, -0.25) is 4.79 Å². The van der Waals surface area contributed by atoms with E-state index in [0.717, 1.165) is 13.0 Å². The van der Waals surface area contributed by atoms with E-state index in [-0.39, 0.29) is 23.7 Å². The Labute approximate surface area is 144 Å². The highest BCUT2D eigenvalue weighted by molar-refractivity contribution is 5.85. The molecule has 3 rings (SSSR count). The van der Waals surface area contributed by atoms with Gasteiger partial charge in [0.05, 0.1) is 6.67 Å². The van der Waals surface area contributed by atoms with Gasteiger partial charge in [0, 0.05) is 18.4 Å². The number of nitrogens with zero attached hydrogens (tertiary/aromatic N) is 1. The molecule has 0 aliphatic carbocycles. The van der Waals surface area contributed by atoms with Gasteiger partial charge < -0.3 is 10.2 Å². The molecule has 3 nitrogen and oxygen atoms in total. The molecule has 1 saturated heterocycles. The molecular weight excluding hydrogens is 308 g/mol. The first-order valence-electron chi connectivity index (χ1n) is 7.80. The quantitative estimate of drug-likeness (QED) is 0.933. The third kappa shape index (κ3) is 3.41. The van der Waals surface area contributed by atoms with Crippen LogP contribution < -0.4 is 5.32 Å². The number of likely N-dealkylation sites (tertiary alicyclic amines) is 1. The molecule has 0 radical (unpaired) electrons. The zero-order valence-corrected chi connectivity index (χ0v) is 14.2. The minimum absolute atomic E-state index is 0. The zero-order chi connectivity index (χ0) is 15.4. The second-order valence-corrected chi connectivity index (χ2v) is 5.92. The van der Waals surface area contributed by atoms with Gasteiger partial charge in [-0.05, 0) is 24.6 Å². The fraction of sp³-hybridized carbons (Fsp3) is 0.316. The number of carbonyl (C=O) groups is 1. The third-order valence-electron chi connectivity index (χ3n) is 4.58. The van der Waals surface area contributed by atoms with Crippen LogP contribution in [0.25, 0.3) is 0 Å². The van der Waals surface area contributed by atoms with E-state index in [1.807, 2.05) is 24.1 Å². The lowest BCUT2D eigenvalue weighted by Gasteiger charge is -2.43. The van der Waals surface area contributed by atoms with Crippen LogP contribution in [0.3, 0.4) is 0 Å². The highest BCUT2D eigenvalue weighted by Gasteiger charge is 2.41. The molecule has 0 atom stereocenters. The van der Waals surface area contributed by atoms with Crippen LogP contribution in [-0.4, -0.2) is 31.1 Å². The molecule has 122 valence electrons. The van der Waals surface area contributed by atoms with Crippen LogP contribution in [0, 0.1) is 0 Å². The van der Waals surface area contributed by atoms with Gasteiger partial charge in [0.2, 0.25) is 5.91 Å². The van der Waals surface area contributed by atoms with Crippen LogP contribution in [0.4, 0.5) is 0 Å². The van der Waals surface area contributed by atoms with Crippen LogP contribution in [-0.2, 0) is 10.2 Å². The van der Waals surface area contributed by atoms with E-state index in [1.165, 1.54) is 11.1 Å². The second kappa shape index (κ2) is 7.62. The number of hydrogen-bond donors (Lipinski definition) is 1. The topological polar surface area (TPSA) is 32.3 Å². The molecule has 23 heavy (non-hydrogen) atoms. The number of rotatable bonds is 4. The number of halogens is 1. The molecule has 1 N–H and O–H groups in total. The summed E-state index contributed by atoms with van der Waals surface area (Å²) in [5.74, 6) is 0.233. The predicted octanol–water partition coefficient (Wildman–Crippen LogP) is 3.19. The molecule has 2 aromatic rings. The molecule has 2 aromatic carbocycles. The Bertz CT molecular complexity index is 591. The number of benzene rings is 2.